The zero-order valence-corrected chi connectivity index (χ0v) is 10.9. The van der Waals surface area contributed by atoms with Crippen LogP contribution in [0, 0.1) is 0 Å². The maximum Gasteiger partial charge on any atom is 0.188 e. The molecular weight excluding hydrogens is 216 g/mol. The summed E-state index contributed by atoms with van der Waals surface area (Å²) < 4.78 is 16.0. The van der Waals surface area contributed by atoms with Crippen LogP contribution in [-0.2, 0) is 4.74 Å². The Bertz CT molecular complexity index is 383. The first-order valence-electron chi connectivity index (χ1n) is 5.63. The van der Waals surface area contributed by atoms with Gasteiger partial charge in [0.2, 0.25) is 0 Å². The predicted octanol–water partition coefficient (Wildman–Crippen LogP) is 3.49. The molecule has 0 radical (unpaired) electrons. The maximum atomic E-state index is 5.71. The van der Waals surface area contributed by atoms with Gasteiger partial charge in [0.1, 0.15) is 0 Å². The van der Waals surface area contributed by atoms with E-state index in [0.29, 0.717) is 5.75 Å². The lowest BCUT2D eigenvalue weighted by Gasteiger charge is -2.16. The summed E-state index contributed by atoms with van der Waals surface area (Å²) in [7, 11) is 1.59. The van der Waals surface area contributed by atoms with E-state index in [9.17, 15) is 0 Å². The third-order valence-corrected chi connectivity index (χ3v) is 2.13. The molecule has 0 bridgehead atoms. The van der Waals surface area contributed by atoms with E-state index in [1.807, 2.05) is 39.0 Å². The van der Waals surface area contributed by atoms with Gasteiger partial charge in [0.05, 0.1) is 6.10 Å². The first-order chi connectivity index (χ1) is 8.04. The molecule has 0 spiro atoms. The van der Waals surface area contributed by atoms with Crippen LogP contribution in [0.25, 0.3) is 5.57 Å². The van der Waals surface area contributed by atoms with Crippen molar-refractivity contribution in [1.29, 1.82) is 0 Å². The predicted molar refractivity (Wildman–Crippen MR) is 69.4 cm³/mol. The summed E-state index contributed by atoms with van der Waals surface area (Å²) in [6.07, 6.45) is 0.0975. The maximum absolute atomic E-state index is 5.71. The molecule has 0 atom stereocenters. The van der Waals surface area contributed by atoms with Crippen LogP contribution in [-0.4, -0.2) is 20.0 Å². The highest BCUT2D eigenvalue weighted by Gasteiger charge is 2.08. The first-order valence-corrected chi connectivity index (χ1v) is 5.63. The minimum Gasteiger partial charge on any atom is -0.487 e. The van der Waals surface area contributed by atoms with Crippen molar-refractivity contribution in [3.8, 4) is 11.5 Å². The molecule has 0 aliphatic heterocycles. The van der Waals surface area contributed by atoms with Crippen LogP contribution >= 0.6 is 0 Å². The second-order valence-electron chi connectivity index (χ2n) is 4.16. The van der Waals surface area contributed by atoms with Crippen molar-refractivity contribution in [3.63, 3.8) is 0 Å². The van der Waals surface area contributed by atoms with E-state index in [-0.39, 0.29) is 12.9 Å². The first kappa shape index (κ1) is 13.6. The Morgan fingerprint density at radius 3 is 2.53 bits per heavy atom. The third-order valence-electron chi connectivity index (χ3n) is 2.13. The van der Waals surface area contributed by atoms with E-state index >= 15 is 0 Å². The average molecular weight is 236 g/mol. The highest BCUT2D eigenvalue weighted by Crippen LogP contribution is 2.31. The molecule has 3 nitrogen and oxygen atoms in total. The number of ether oxygens (including phenoxy) is 3. The summed E-state index contributed by atoms with van der Waals surface area (Å²) in [5, 5.41) is 0. The summed E-state index contributed by atoms with van der Waals surface area (Å²) in [6.45, 7) is 10.0. The van der Waals surface area contributed by atoms with Gasteiger partial charge in [-0.15, -0.1) is 0 Å². The zero-order chi connectivity index (χ0) is 12.8. The molecule has 1 rings (SSSR count). The Hall–Kier alpha value is -1.48. The molecule has 0 saturated carbocycles. The fourth-order valence-electron chi connectivity index (χ4n) is 1.36. The van der Waals surface area contributed by atoms with Crippen LogP contribution in [0.5, 0.6) is 11.5 Å². The van der Waals surface area contributed by atoms with Crippen LogP contribution in [0.4, 0.5) is 0 Å². The lowest BCUT2D eigenvalue weighted by atomic mass is 10.1. The Labute approximate surface area is 103 Å². The lowest BCUT2D eigenvalue weighted by molar-refractivity contribution is 0.0477. The number of hydrogen-bond donors (Lipinski definition) is 0. The van der Waals surface area contributed by atoms with Gasteiger partial charge in [0.25, 0.3) is 0 Å². The largest absolute Gasteiger partial charge is 0.487 e. The van der Waals surface area contributed by atoms with Gasteiger partial charge in [-0.05, 0) is 38.5 Å². The second kappa shape index (κ2) is 6.30. The molecule has 3 heteroatoms. The van der Waals surface area contributed by atoms with E-state index in [1.54, 1.807) is 7.11 Å². The van der Waals surface area contributed by atoms with Gasteiger partial charge < -0.3 is 14.2 Å². The number of hydrogen-bond acceptors (Lipinski definition) is 3. The van der Waals surface area contributed by atoms with Gasteiger partial charge in [-0.25, -0.2) is 0 Å². The van der Waals surface area contributed by atoms with Gasteiger partial charge in [0, 0.05) is 7.11 Å². The number of methoxy groups -OCH3 is 1. The smallest absolute Gasteiger partial charge is 0.188 e. The average Bonchev–Trinajstić information content (AvgIpc) is 2.26. The molecule has 0 heterocycles. The van der Waals surface area contributed by atoms with E-state index in [4.69, 9.17) is 14.2 Å². The molecule has 0 saturated heterocycles. The summed E-state index contributed by atoms with van der Waals surface area (Å²) in [5.74, 6) is 1.41. The highest BCUT2D eigenvalue weighted by atomic mass is 16.7. The van der Waals surface area contributed by atoms with Crippen molar-refractivity contribution in [1.82, 2.24) is 0 Å². The molecule has 0 N–H and O–H groups in total. The van der Waals surface area contributed by atoms with Crippen LogP contribution in [0.2, 0.25) is 0 Å². The third kappa shape index (κ3) is 4.11. The van der Waals surface area contributed by atoms with Crippen molar-refractivity contribution in [3.05, 3.63) is 30.3 Å². The van der Waals surface area contributed by atoms with E-state index in [0.717, 1.165) is 16.9 Å². The summed E-state index contributed by atoms with van der Waals surface area (Å²) >= 11 is 0. The van der Waals surface area contributed by atoms with Gasteiger partial charge >= 0.3 is 0 Å². The molecule has 0 amide bonds. The second-order valence-corrected chi connectivity index (χ2v) is 4.16. The molecule has 0 aromatic heterocycles. The van der Waals surface area contributed by atoms with Crippen LogP contribution < -0.4 is 9.47 Å². The number of allylic oxidation sites excluding steroid dienone is 1. The summed E-state index contributed by atoms with van der Waals surface area (Å²) in [4.78, 5) is 0. The van der Waals surface area contributed by atoms with Gasteiger partial charge in [0.15, 0.2) is 18.3 Å². The van der Waals surface area contributed by atoms with Crippen molar-refractivity contribution >= 4 is 5.57 Å². The molecule has 1 aromatic rings. The molecule has 0 unspecified atom stereocenters. The summed E-state index contributed by atoms with van der Waals surface area (Å²) in [6, 6.07) is 5.77. The Kier molecular flexibility index (Phi) is 5.04. The Morgan fingerprint density at radius 2 is 2.00 bits per heavy atom. The monoisotopic (exact) mass is 236 g/mol. The van der Waals surface area contributed by atoms with Gasteiger partial charge in [-0.1, -0.05) is 18.2 Å². The minimum absolute atomic E-state index is 0.0975. The molecular formula is C14H20O3. The standard InChI is InChI=1S/C14H20O3/c1-10(2)12-6-7-13(16-9-15-5)14(8-12)17-11(3)4/h6-8,11H,1,9H2,2-5H3. The van der Waals surface area contributed by atoms with E-state index < -0.39 is 0 Å². The number of rotatable bonds is 6. The Morgan fingerprint density at radius 1 is 1.29 bits per heavy atom. The minimum atomic E-state index is 0.0975. The molecule has 0 aliphatic rings. The molecule has 0 fully saturated rings. The van der Waals surface area contributed by atoms with Crippen molar-refractivity contribution < 1.29 is 14.2 Å². The molecule has 94 valence electrons. The van der Waals surface area contributed by atoms with Crippen LogP contribution in [0.15, 0.2) is 24.8 Å². The fraction of sp³-hybridized carbons (Fsp3) is 0.429. The number of benzene rings is 1. The quantitative estimate of drug-likeness (QED) is 0.708. The molecule has 0 aliphatic carbocycles. The Balaban J connectivity index is 2.98. The molecule has 1 aromatic carbocycles. The van der Waals surface area contributed by atoms with E-state index in [1.165, 1.54) is 0 Å². The lowest BCUT2D eigenvalue weighted by Crippen LogP contribution is -2.08. The SMILES string of the molecule is C=C(C)c1ccc(OCOC)c(OC(C)C)c1. The summed E-state index contributed by atoms with van der Waals surface area (Å²) in [5.41, 5.74) is 2.04. The van der Waals surface area contributed by atoms with Crippen molar-refractivity contribution in [2.45, 2.75) is 26.9 Å². The highest BCUT2D eigenvalue weighted by molar-refractivity contribution is 5.64. The van der Waals surface area contributed by atoms with Gasteiger partial charge in [-0.3, -0.25) is 0 Å². The van der Waals surface area contributed by atoms with Crippen molar-refractivity contribution in [2.75, 3.05) is 13.9 Å². The van der Waals surface area contributed by atoms with Crippen LogP contribution in [0.1, 0.15) is 26.3 Å². The zero-order valence-electron chi connectivity index (χ0n) is 10.9. The van der Waals surface area contributed by atoms with Crippen LogP contribution in [0.3, 0.4) is 0 Å². The topological polar surface area (TPSA) is 27.7 Å². The molecule has 17 heavy (non-hydrogen) atoms. The normalized spacial score (nSPS) is 10.4. The fourth-order valence-corrected chi connectivity index (χ4v) is 1.36. The van der Waals surface area contributed by atoms with E-state index in [2.05, 4.69) is 6.58 Å². The van der Waals surface area contributed by atoms with Crippen molar-refractivity contribution in [2.24, 2.45) is 0 Å². The van der Waals surface area contributed by atoms with Gasteiger partial charge in [-0.2, -0.15) is 0 Å².